The highest BCUT2D eigenvalue weighted by atomic mass is 16.5. The highest BCUT2D eigenvalue weighted by molar-refractivity contribution is 5.76. The molecule has 2 N–H and O–H groups in total. The number of carbonyl (C=O) groups excluding carboxylic acids is 1. The van der Waals surface area contributed by atoms with E-state index in [9.17, 15) is 4.79 Å². The molecule has 0 heterocycles. The molecule has 0 radical (unpaired) electrons. The van der Waals surface area contributed by atoms with Crippen LogP contribution in [-0.2, 0) is 9.53 Å². The quantitative estimate of drug-likeness (QED) is 0.617. The third kappa shape index (κ3) is 6.43. The summed E-state index contributed by atoms with van der Waals surface area (Å²) in [6, 6.07) is 0. The molecular weight excluding hydrogens is 194 g/mol. The van der Waals surface area contributed by atoms with E-state index in [1.54, 1.807) is 19.1 Å². The lowest BCUT2D eigenvalue weighted by molar-refractivity contribution is -0.132. The summed E-state index contributed by atoms with van der Waals surface area (Å²) in [5, 5.41) is 0. The summed E-state index contributed by atoms with van der Waals surface area (Å²) in [5.74, 6) is 0.0779. The number of methoxy groups -OCH3 is 1. The first-order chi connectivity index (χ1) is 7.01. The maximum atomic E-state index is 11.7. The average Bonchev–Trinajstić information content (AvgIpc) is 2.21. The molecule has 0 saturated carbocycles. The van der Waals surface area contributed by atoms with Crippen LogP contribution in [0.1, 0.15) is 6.42 Å². The normalized spacial score (nSPS) is 12.9. The number of rotatable bonds is 7. The van der Waals surface area contributed by atoms with E-state index in [2.05, 4.69) is 0 Å². The van der Waals surface area contributed by atoms with Crippen molar-refractivity contribution >= 4 is 5.91 Å². The third-order valence-corrected chi connectivity index (χ3v) is 2.31. The molecule has 1 atom stereocenters. The molecular formula is C10H23N3O2. The molecule has 0 rings (SSSR count). The van der Waals surface area contributed by atoms with Crippen LogP contribution in [0.15, 0.2) is 0 Å². The number of carbonyl (C=O) groups is 1. The van der Waals surface area contributed by atoms with Crippen LogP contribution in [0.2, 0.25) is 0 Å². The summed E-state index contributed by atoms with van der Waals surface area (Å²) in [6.07, 6.45) is 0.191. The average molecular weight is 217 g/mol. The minimum atomic E-state index is -0.167. The summed E-state index contributed by atoms with van der Waals surface area (Å²) in [5.41, 5.74) is 5.45. The van der Waals surface area contributed by atoms with Gasteiger partial charge in [0, 0.05) is 33.8 Å². The van der Waals surface area contributed by atoms with Crippen molar-refractivity contribution in [3.63, 3.8) is 0 Å². The number of amides is 1. The predicted molar refractivity (Wildman–Crippen MR) is 60.7 cm³/mol. The smallest absolute Gasteiger partial charge is 0.225 e. The van der Waals surface area contributed by atoms with Gasteiger partial charge in [0.05, 0.1) is 12.5 Å². The van der Waals surface area contributed by atoms with E-state index < -0.39 is 0 Å². The Hall–Kier alpha value is -0.650. The van der Waals surface area contributed by atoms with Crippen LogP contribution in [0.5, 0.6) is 0 Å². The van der Waals surface area contributed by atoms with E-state index in [0.29, 0.717) is 13.0 Å². The van der Waals surface area contributed by atoms with E-state index in [4.69, 9.17) is 10.5 Å². The summed E-state index contributed by atoms with van der Waals surface area (Å²) in [7, 11) is 7.34. The van der Waals surface area contributed by atoms with E-state index in [1.165, 1.54) is 0 Å². The van der Waals surface area contributed by atoms with Crippen molar-refractivity contribution in [1.29, 1.82) is 0 Å². The fourth-order valence-corrected chi connectivity index (χ4v) is 1.09. The maximum absolute atomic E-state index is 11.7. The Labute approximate surface area is 92.2 Å². The lowest BCUT2D eigenvalue weighted by atomic mass is 10.2. The number of nitrogens with two attached hydrogens (primary N) is 1. The van der Waals surface area contributed by atoms with Crippen LogP contribution in [0, 0.1) is 0 Å². The number of likely N-dealkylation sites (N-methyl/N-ethyl adjacent to an activating group) is 2. The molecule has 0 bridgehead atoms. The Morgan fingerprint density at radius 3 is 2.33 bits per heavy atom. The second-order valence-corrected chi connectivity index (χ2v) is 3.92. The van der Waals surface area contributed by atoms with Gasteiger partial charge in [-0.3, -0.25) is 4.79 Å². The number of hydrogen-bond acceptors (Lipinski definition) is 4. The van der Waals surface area contributed by atoms with Gasteiger partial charge in [-0.05, 0) is 14.1 Å². The standard InChI is InChI=1S/C10H23N3O2/c1-12(2)5-6-13(3)10(14)7-9(8-11)15-4/h9H,5-8,11H2,1-4H3. The van der Waals surface area contributed by atoms with Gasteiger partial charge in [-0.25, -0.2) is 0 Å². The van der Waals surface area contributed by atoms with Gasteiger partial charge < -0.3 is 20.3 Å². The van der Waals surface area contributed by atoms with Crippen molar-refractivity contribution in [2.75, 3.05) is 47.9 Å². The van der Waals surface area contributed by atoms with Crippen LogP contribution < -0.4 is 5.73 Å². The Kier molecular flexibility index (Phi) is 7.29. The third-order valence-electron chi connectivity index (χ3n) is 2.31. The lowest BCUT2D eigenvalue weighted by Crippen LogP contribution is -2.37. The zero-order valence-electron chi connectivity index (χ0n) is 10.2. The van der Waals surface area contributed by atoms with Crippen LogP contribution >= 0.6 is 0 Å². The van der Waals surface area contributed by atoms with Crippen molar-refractivity contribution < 1.29 is 9.53 Å². The Balaban J connectivity index is 3.87. The zero-order valence-corrected chi connectivity index (χ0v) is 10.2. The van der Waals surface area contributed by atoms with Crippen LogP contribution in [0.3, 0.4) is 0 Å². The molecule has 0 fully saturated rings. The Morgan fingerprint density at radius 1 is 1.33 bits per heavy atom. The fourth-order valence-electron chi connectivity index (χ4n) is 1.09. The number of nitrogens with zero attached hydrogens (tertiary/aromatic N) is 2. The molecule has 0 spiro atoms. The Morgan fingerprint density at radius 2 is 1.93 bits per heavy atom. The summed E-state index contributed by atoms with van der Waals surface area (Å²) >= 11 is 0. The van der Waals surface area contributed by atoms with Crippen molar-refractivity contribution in [3.05, 3.63) is 0 Å². The van der Waals surface area contributed by atoms with Crippen molar-refractivity contribution in [2.24, 2.45) is 5.73 Å². The second-order valence-electron chi connectivity index (χ2n) is 3.92. The molecule has 0 aliphatic rings. The van der Waals surface area contributed by atoms with E-state index in [1.807, 2.05) is 19.0 Å². The molecule has 0 saturated heterocycles. The van der Waals surface area contributed by atoms with Crippen molar-refractivity contribution in [2.45, 2.75) is 12.5 Å². The molecule has 1 amide bonds. The van der Waals surface area contributed by atoms with Gasteiger partial charge in [0.1, 0.15) is 0 Å². The van der Waals surface area contributed by atoms with Gasteiger partial charge in [-0.15, -0.1) is 0 Å². The molecule has 0 aromatic heterocycles. The molecule has 1 unspecified atom stereocenters. The molecule has 0 aliphatic carbocycles. The highest BCUT2D eigenvalue weighted by Crippen LogP contribution is 1.99. The Bertz CT molecular complexity index is 182. The van der Waals surface area contributed by atoms with Crippen LogP contribution in [0.25, 0.3) is 0 Å². The fraction of sp³-hybridized carbons (Fsp3) is 0.900. The van der Waals surface area contributed by atoms with Gasteiger partial charge in [-0.1, -0.05) is 0 Å². The first-order valence-electron chi connectivity index (χ1n) is 5.12. The van der Waals surface area contributed by atoms with Gasteiger partial charge in [0.15, 0.2) is 0 Å². The van der Waals surface area contributed by atoms with E-state index >= 15 is 0 Å². The molecule has 15 heavy (non-hydrogen) atoms. The largest absolute Gasteiger partial charge is 0.380 e. The molecule has 5 heteroatoms. The topological polar surface area (TPSA) is 58.8 Å². The highest BCUT2D eigenvalue weighted by Gasteiger charge is 2.14. The number of hydrogen-bond donors (Lipinski definition) is 1. The molecule has 90 valence electrons. The predicted octanol–water partition coefficient (Wildman–Crippen LogP) is -0.630. The van der Waals surface area contributed by atoms with E-state index in [-0.39, 0.29) is 12.0 Å². The van der Waals surface area contributed by atoms with Gasteiger partial charge in [0.25, 0.3) is 0 Å². The summed E-state index contributed by atoms with van der Waals surface area (Å²) in [6.45, 7) is 1.97. The monoisotopic (exact) mass is 217 g/mol. The van der Waals surface area contributed by atoms with Gasteiger partial charge in [0.2, 0.25) is 5.91 Å². The zero-order chi connectivity index (χ0) is 11.8. The van der Waals surface area contributed by atoms with Crippen LogP contribution in [-0.4, -0.2) is 69.7 Å². The minimum absolute atomic E-state index is 0.0779. The minimum Gasteiger partial charge on any atom is -0.380 e. The lowest BCUT2D eigenvalue weighted by Gasteiger charge is -2.21. The molecule has 0 aliphatic heterocycles. The van der Waals surface area contributed by atoms with Crippen LogP contribution in [0.4, 0.5) is 0 Å². The van der Waals surface area contributed by atoms with Gasteiger partial charge in [-0.2, -0.15) is 0 Å². The summed E-state index contributed by atoms with van der Waals surface area (Å²) < 4.78 is 5.06. The molecule has 0 aromatic rings. The van der Waals surface area contributed by atoms with Crippen molar-refractivity contribution in [1.82, 2.24) is 9.80 Å². The number of ether oxygens (including phenoxy) is 1. The van der Waals surface area contributed by atoms with E-state index in [0.717, 1.165) is 13.1 Å². The van der Waals surface area contributed by atoms with Gasteiger partial charge >= 0.3 is 0 Å². The summed E-state index contributed by atoms with van der Waals surface area (Å²) in [4.78, 5) is 15.4. The maximum Gasteiger partial charge on any atom is 0.225 e. The first kappa shape index (κ1) is 14.3. The molecule has 0 aromatic carbocycles. The second kappa shape index (κ2) is 7.62. The first-order valence-corrected chi connectivity index (χ1v) is 5.12. The van der Waals surface area contributed by atoms with Crippen molar-refractivity contribution in [3.8, 4) is 0 Å². The molecule has 5 nitrogen and oxygen atoms in total. The SMILES string of the molecule is COC(CN)CC(=O)N(C)CCN(C)C.